The molecule has 0 spiro atoms. The minimum Gasteiger partial charge on any atom is -0.508 e. The summed E-state index contributed by atoms with van der Waals surface area (Å²) >= 11 is 11.6. The van der Waals surface area contributed by atoms with E-state index in [-0.39, 0.29) is 11.8 Å². The van der Waals surface area contributed by atoms with Crippen LogP contribution in [0.25, 0.3) is 0 Å². The Balaban J connectivity index is 3.07. The fraction of sp³-hybridized carbons (Fsp3) is 0.333. The predicted octanol–water partition coefficient (Wildman–Crippen LogP) is 2.05. The molecule has 0 saturated heterocycles. The van der Waals surface area contributed by atoms with Crippen molar-refractivity contribution in [3.63, 3.8) is 0 Å². The molecule has 0 amide bonds. The number of benzene rings is 1. The van der Waals surface area contributed by atoms with E-state index in [4.69, 9.17) is 34.7 Å². The lowest BCUT2D eigenvalue weighted by Gasteiger charge is -2.14. The molecule has 0 aliphatic carbocycles. The van der Waals surface area contributed by atoms with Gasteiger partial charge in [0.15, 0.2) is 0 Å². The lowest BCUT2D eigenvalue weighted by atomic mass is 10.0. The van der Waals surface area contributed by atoms with Gasteiger partial charge < -0.3 is 16.6 Å². The smallest absolute Gasteiger partial charge is 0.123 e. The van der Waals surface area contributed by atoms with E-state index in [2.05, 4.69) is 0 Å². The Morgan fingerprint density at radius 3 is 2.50 bits per heavy atom. The van der Waals surface area contributed by atoms with Gasteiger partial charge in [0.2, 0.25) is 0 Å². The van der Waals surface area contributed by atoms with Gasteiger partial charge in [-0.3, -0.25) is 0 Å². The number of hydrogen-bond acceptors (Lipinski definition) is 3. The first-order valence-electron chi connectivity index (χ1n) is 4.19. The number of nitrogens with two attached hydrogens (primary N) is 2. The Kier molecular flexibility index (Phi) is 4.01. The van der Waals surface area contributed by atoms with Gasteiger partial charge >= 0.3 is 0 Å². The highest BCUT2D eigenvalue weighted by Crippen LogP contribution is 2.34. The first-order valence-corrected chi connectivity index (χ1v) is 4.95. The number of halogens is 2. The molecular formula is C9H12Cl2N2O. The SMILES string of the molecule is NCC[C@@H](N)c1c(O)cc(Cl)cc1Cl. The van der Waals surface area contributed by atoms with Crippen LogP contribution in [0.4, 0.5) is 0 Å². The molecular weight excluding hydrogens is 223 g/mol. The molecule has 1 rings (SSSR count). The molecule has 0 unspecified atom stereocenters. The van der Waals surface area contributed by atoms with Crippen molar-refractivity contribution in [3.05, 3.63) is 27.7 Å². The largest absolute Gasteiger partial charge is 0.508 e. The summed E-state index contributed by atoms with van der Waals surface area (Å²) in [5.74, 6) is 0.0171. The average Bonchev–Trinajstić information content (AvgIpc) is 2.01. The standard InChI is InChI=1S/C9H12Cl2N2O/c10-5-3-6(11)9(8(14)4-5)7(13)1-2-12/h3-4,7,14H,1-2,12-13H2/t7-/m1/s1. The monoisotopic (exact) mass is 234 g/mol. The average molecular weight is 235 g/mol. The van der Waals surface area contributed by atoms with Crippen molar-refractivity contribution < 1.29 is 5.11 Å². The number of rotatable bonds is 3. The number of hydrogen-bond donors (Lipinski definition) is 3. The highest BCUT2D eigenvalue weighted by atomic mass is 35.5. The fourth-order valence-corrected chi connectivity index (χ4v) is 1.88. The molecule has 0 fully saturated rings. The van der Waals surface area contributed by atoms with Crippen LogP contribution in [0.1, 0.15) is 18.0 Å². The van der Waals surface area contributed by atoms with Gasteiger partial charge in [-0.25, -0.2) is 0 Å². The fourth-order valence-electron chi connectivity index (χ4n) is 1.26. The number of phenolic OH excluding ortho intramolecular Hbond substituents is 1. The van der Waals surface area contributed by atoms with Crippen molar-refractivity contribution in [1.29, 1.82) is 0 Å². The topological polar surface area (TPSA) is 72.3 Å². The van der Waals surface area contributed by atoms with Crippen LogP contribution in [0.15, 0.2) is 12.1 Å². The van der Waals surface area contributed by atoms with Gasteiger partial charge in [0.1, 0.15) is 5.75 Å². The summed E-state index contributed by atoms with van der Waals surface area (Å²) in [7, 11) is 0. The summed E-state index contributed by atoms with van der Waals surface area (Å²) in [6.45, 7) is 0.444. The van der Waals surface area contributed by atoms with E-state index >= 15 is 0 Å². The molecule has 0 radical (unpaired) electrons. The molecule has 14 heavy (non-hydrogen) atoms. The molecule has 1 aromatic carbocycles. The van der Waals surface area contributed by atoms with Crippen molar-refractivity contribution in [2.45, 2.75) is 12.5 Å². The van der Waals surface area contributed by atoms with Gasteiger partial charge in [0.05, 0.1) is 5.02 Å². The van der Waals surface area contributed by atoms with E-state index in [1.165, 1.54) is 6.07 Å². The van der Waals surface area contributed by atoms with Crippen LogP contribution < -0.4 is 11.5 Å². The summed E-state index contributed by atoms with van der Waals surface area (Å²) in [5, 5.41) is 10.3. The van der Waals surface area contributed by atoms with Gasteiger partial charge in [0.25, 0.3) is 0 Å². The second-order valence-electron chi connectivity index (χ2n) is 3.00. The minimum absolute atomic E-state index is 0.0171. The molecule has 1 atom stereocenters. The molecule has 5 heteroatoms. The van der Waals surface area contributed by atoms with Gasteiger partial charge in [-0.2, -0.15) is 0 Å². The Bertz CT molecular complexity index is 308. The Labute approximate surface area is 92.6 Å². The van der Waals surface area contributed by atoms with Crippen molar-refractivity contribution in [3.8, 4) is 5.75 Å². The van der Waals surface area contributed by atoms with E-state index in [1.54, 1.807) is 6.07 Å². The molecule has 1 aromatic rings. The van der Waals surface area contributed by atoms with E-state index in [0.717, 1.165) is 0 Å². The zero-order chi connectivity index (χ0) is 10.7. The number of aromatic hydroxyl groups is 1. The van der Waals surface area contributed by atoms with Crippen LogP contribution in [-0.4, -0.2) is 11.7 Å². The summed E-state index contributed by atoms with van der Waals surface area (Å²) in [5.41, 5.74) is 11.7. The summed E-state index contributed by atoms with van der Waals surface area (Å²) < 4.78 is 0. The number of phenols is 1. The van der Waals surface area contributed by atoms with Crippen molar-refractivity contribution >= 4 is 23.2 Å². The highest BCUT2D eigenvalue weighted by molar-refractivity contribution is 6.35. The first-order chi connectivity index (χ1) is 6.56. The molecule has 5 N–H and O–H groups in total. The van der Waals surface area contributed by atoms with Crippen LogP contribution in [0.3, 0.4) is 0 Å². The molecule has 0 heterocycles. The lowest BCUT2D eigenvalue weighted by molar-refractivity contribution is 0.459. The maximum absolute atomic E-state index is 9.58. The predicted molar refractivity (Wildman–Crippen MR) is 58.7 cm³/mol. The van der Waals surface area contributed by atoms with Crippen molar-refractivity contribution in [1.82, 2.24) is 0 Å². The molecule has 0 saturated carbocycles. The second kappa shape index (κ2) is 4.84. The highest BCUT2D eigenvalue weighted by Gasteiger charge is 2.15. The quantitative estimate of drug-likeness (QED) is 0.750. The van der Waals surface area contributed by atoms with Gasteiger partial charge in [-0.1, -0.05) is 23.2 Å². The van der Waals surface area contributed by atoms with Crippen molar-refractivity contribution in [2.24, 2.45) is 11.5 Å². The minimum atomic E-state index is -0.357. The van der Waals surface area contributed by atoms with E-state index in [0.29, 0.717) is 28.6 Å². The first kappa shape index (κ1) is 11.6. The van der Waals surface area contributed by atoms with Crippen LogP contribution in [0.5, 0.6) is 5.75 Å². The van der Waals surface area contributed by atoms with Gasteiger partial charge in [-0.15, -0.1) is 0 Å². The van der Waals surface area contributed by atoms with Crippen molar-refractivity contribution in [2.75, 3.05) is 6.54 Å². The van der Waals surface area contributed by atoms with E-state index in [1.807, 2.05) is 0 Å². The molecule has 0 aromatic heterocycles. The van der Waals surface area contributed by atoms with E-state index in [9.17, 15) is 5.11 Å². The Morgan fingerprint density at radius 1 is 1.36 bits per heavy atom. The van der Waals surface area contributed by atoms with Gasteiger partial charge in [0, 0.05) is 16.6 Å². The molecule has 0 aliphatic heterocycles. The summed E-state index contributed by atoms with van der Waals surface area (Å²) in [6, 6.07) is 2.61. The van der Waals surface area contributed by atoms with Gasteiger partial charge in [-0.05, 0) is 25.1 Å². The summed E-state index contributed by atoms with van der Waals surface area (Å²) in [4.78, 5) is 0. The maximum Gasteiger partial charge on any atom is 0.123 e. The third-order valence-corrected chi connectivity index (χ3v) is 2.45. The Morgan fingerprint density at radius 2 is 2.00 bits per heavy atom. The molecule has 3 nitrogen and oxygen atoms in total. The van der Waals surface area contributed by atoms with Crippen LogP contribution in [0, 0.1) is 0 Å². The van der Waals surface area contributed by atoms with Crippen LogP contribution in [-0.2, 0) is 0 Å². The van der Waals surface area contributed by atoms with Crippen LogP contribution in [0.2, 0.25) is 10.0 Å². The zero-order valence-electron chi connectivity index (χ0n) is 7.50. The third-order valence-electron chi connectivity index (χ3n) is 1.92. The molecule has 0 bridgehead atoms. The molecule has 78 valence electrons. The second-order valence-corrected chi connectivity index (χ2v) is 3.85. The molecule has 0 aliphatic rings. The maximum atomic E-state index is 9.58. The summed E-state index contributed by atoms with van der Waals surface area (Å²) in [6.07, 6.45) is 0.564. The third kappa shape index (κ3) is 2.51. The van der Waals surface area contributed by atoms with E-state index < -0.39 is 0 Å². The lowest BCUT2D eigenvalue weighted by Crippen LogP contribution is -2.15. The van der Waals surface area contributed by atoms with Crippen LogP contribution >= 0.6 is 23.2 Å². The normalized spacial score (nSPS) is 12.9. The zero-order valence-corrected chi connectivity index (χ0v) is 9.02. The Hall–Kier alpha value is -0.480.